The molecular formula is C23H30N6O3. The molecule has 9 nitrogen and oxygen atoms in total. The Labute approximate surface area is 187 Å². The lowest BCUT2D eigenvalue weighted by atomic mass is 10.0. The van der Waals surface area contributed by atoms with Gasteiger partial charge in [-0.25, -0.2) is 14.8 Å². The van der Waals surface area contributed by atoms with Gasteiger partial charge in [-0.05, 0) is 38.5 Å². The van der Waals surface area contributed by atoms with Crippen LogP contribution in [0.15, 0.2) is 48.9 Å². The van der Waals surface area contributed by atoms with Crippen molar-refractivity contribution in [3.05, 3.63) is 54.5 Å². The predicted molar refractivity (Wildman–Crippen MR) is 123 cm³/mol. The Bertz CT molecular complexity index is 1060. The van der Waals surface area contributed by atoms with Gasteiger partial charge in [-0.2, -0.15) is 0 Å². The summed E-state index contributed by atoms with van der Waals surface area (Å²) in [4.78, 5) is 33.5. The third-order valence-electron chi connectivity index (χ3n) is 4.68. The van der Waals surface area contributed by atoms with E-state index < -0.39 is 17.7 Å². The Balaban J connectivity index is 1.68. The van der Waals surface area contributed by atoms with Crippen LogP contribution in [0.1, 0.15) is 26.3 Å². The minimum absolute atomic E-state index is 0.292. The number of amides is 2. The lowest BCUT2D eigenvalue weighted by molar-refractivity contribution is -0.123. The van der Waals surface area contributed by atoms with Gasteiger partial charge in [0.2, 0.25) is 11.9 Å². The van der Waals surface area contributed by atoms with Gasteiger partial charge in [0, 0.05) is 56.1 Å². The van der Waals surface area contributed by atoms with Gasteiger partial charge in [-0.1, -0.05) is 18.2 Å². The van der Waals surface area contributed by atoms with Crippen LogP contribution in [0.4, 0.5) is 10.7 Å². The van der Waals surface area contributed by atoms with E-state index in [4.69, 9.17) is 4.74 Å². The fourth-order valence-corrected chi connectivity index (χ4v) is 3.34. The summed E-state index contributed by atoms with van der Waals surface area (Å²) in [6, 6.07) is 8.90. The summed E-state index contributed by atoms with van der Waals surface area (Å²) in [5, 5.41) is 9.67. The maximum Gasteiger partial charge on any atom is 0.408 e. The van der Waals surface area contributed by atoms with Crippen LogP contribution in [0, 0.1) is 0 Å². The molecule has 1 atom stereocenters. The van der Waals surface area contributed by atoms with Crippen LogP contribution in [0.2, 0.25) is 0 Å². The lowest BCUT2D eigenvalue weighted by Gasteiger charge is -2.23. The quantitative estimate of drug-likeness (QED) is 0.467. The molecule has 2 amide bonds. The van der Waals surface area contributed by atoms with E-state index in [9.17, 15) is 9.59 Å². The highest BCUT2D eigenvalue weighted by atomic mass is 16.6. The first kappa shape index (κ1) is 23.1. The maximum absolute atomic E-state index is 13.0. The van der Waals surface area contributed by atoms with E-state index in [1.54, 1.807) is 39.2 Å². The fourth-order valence-electron chi connectivity index (χ4n) is 3.34. The third kappa shape index (κ3) is 6.44. The Morgan fingerprint density at radius 3 is 2.53 bits per heavy atom. The second-order valence-electron chi connectivity index (χ2n) is 8.48. The zero-order valence-electron chi connectivity index (χ0n) is 18.9. The topological polar surface area (TPSA) is 110 Å². The molecule has 1 aromatic carbocycles. The molecule has 2 heterocycles. The number of aromatic nitrogens is 3. The minimum Gasteiger partial charge on any atom is -0.444 e. The summed E-state index contributed by atoms with van der Waals surface area (Å²) in [7, 11) is 1.96. The summed E-state index contributed by atoms with van der Waals surface area (Å²) in [6.07, 6.45) is 4.96. The van der Waals surface area contributed by atoms with Crippen LogP contribution in [0.5, 0.6) is 0 Å². The molecule has 9 heteroatoms. The molecule has 0 aliphatic heterocycles. The first-order chi connectivity index (χ1) is 15.2. The largest absolute Gasteiger partial charge is 0.444 e. The summed E-state index contributed by atoms with van der Waals surface area (Å²) in [6.45, 7) is 6.14. The number of rotatable bonds is 8. The number of carbonyl (C=O) groups excluding carboxylic acids is 2. The Morgan fingerprint density at radius 2 is 1.81 bits per heavy atom. The number of alkyl carbamates (subject to hydrolysis) is 1. The van der Waals surface area contributed by atoms with E-state index in [-0.39, 0.29) is 5.91 Å². The van der Waals surface area contributed by atoms with Crippen LogP contribution in [-0.2, 0) is 23.0 Å². The second kappa shape index (κ2) is 10.1. The number of hydrogen-bond acceptors (Lipinski definition) is 6. The summed E-state index contributed by atoms with van der Waals surface area (Å²) < 4.78 is 7.38. The van der Waals surface area contributed by atoms with Crippen LogP contribution in [0.25, 0.3) is 10.9 Å². The van der Waals surface area contributed by atoms with E-state index in [0.29, 0.717) is 25.5 Å². The second-order valence-corrected chi connectivity index (χ2v) is 8.48. The molecule has 0 aliphatic rings. The Kier molecular flexibility index (Phi) is 7.29. The molecule has 32 heavy (non-hydrogen) atoms. The molecule has 0 fully saturated rings. The van der Waals surface area contributed by atoms with Crippen molar-refractivity contribution in [2.75, 3.05) is 18.4 Å². The van der Waals surface area contributed by atoms with E-state index in [1.165, 1.54) is 0 Å². The number of hydrogen-bond donors (Lipinski definition) is 3. The maximum atomic E-state index is 13.0. The minimum atomic E-state index is -0.788. The number of nitrogens with one attached hydrogen (secondary N) is 3. The van der Waals surface area contributed by atoms with Gasteiger partial charge in [0.1, 0.15) is 11.6 Å². The van der Waals surface area contributed by atoms with E-state index in [0.717, 1.165) is 16.5 Å². The zero-order chi connectivity index (χ0) is 23.1. The van der Waals surface area contributed by atoms with Gasteiger partial charge in [0.25, 0.3) is 0 Å². The van der Waals surface area contributed by atoms with Crippen molar-refractivity contribution in [3.63, 3.8) is 0 Å². The van der Waals surface area contributed by atoms with Gasteiger partial charge in [0.05, 0.1) is 0 Å². The van der Waals surface area contributed by atoms with Gasteiger partial charge < -0.3 is 25.3 Å². The fraction of sp³-hybridized carbons (Fsp3) is 0.391. The van der Waals surface area contributed by atoms with Crippen molar-refractivity contribution in [3.8, 4) is 0 Å². The van der Waals surface area contributed by atoms with Gasteiger partial charge in [-0.3, -0.25) is 4.79 Å². The van der Waals surface area contributed by atoms with Crippen molar-refractivity contribution in [2.45, 2.75) is 38.8 Å². The number of aryl methyl sites for hydroxylation is 1. The van der Waals surface area contributed by atoms with E-state index in [2.05, 4.69) is 25.9 Å². The van der Waals surface area contributed by atoms with Crippen molar-refractivity contribution in [1.82, 2.24) is 25.2 Å². The number of fused-ring (bicyclic) bond motifs is 1. The van der Waals surface area contributed by atoms with Gasteiger partial charge in [0.15, 0.2) is 0 Å². The van der Waals surface area contributed by atoms with Crippen molar-refractivity contribution < 1.29 is 14.3 Å². The Morgan fingerprint density at radius 1 is 1.09 bits per heavy atom. The van der Waals surface area contributed by atoms with Gasteiger partial charge in [-0.15, -0.1) is 0 Å². The average Bonchev–Trinajstić information content (AvgIpc) is 3.06. The number of anilines is 1. The smallest absolute Gasteiger partial charge is 0.408 e. The number of para-hydroxylation sites is 1. The van der Waals surface area contributed by atoms with Gasteiger partial charge >= 0.3 is 6.09 Å². The van der Waals surface area contributed by atoms with Crippen LogP contribution < -0.4 is 16.0 Å². The molecular weight excluding hydrogens is 408 g/mol. The number of nitrogens with zero attached hydrogens (tertiary/aromatic N) is 3. The normalized spacial score (nSPS) is 12.2. The third-order valence-corrected chi connectivity index (χ3v) is 4.68. The highest BCUT2D eigenvalue weighted by Gasteiger charge is 2.25. The van der Waals surface area contributed by atoms with E-state index >= 15 is 0 Å². The highest BCUT2D eigenvalue weighted by molar-refractivity contribution is 5.88. The molecule has 3 rings (SSSR count). The average molecular weight is 439 g/mol. The van der Waals surface area contributed by atoms with E-state index in [1.807, 2.05) is 42.1 Å². The highest BCUT2D eigenvalue weighted by Crippen LogP contribution is 2.21. The van der Waals surface area contributed by atoms with Crippen molar-refractivity contribution in [2.24, 2.45) is 7.05 Å². The van der Waals surface area contributed by atoms with Crippen LogP contribution in [-0.4, -0.2) is 51.3 Å². The first-order valence-electron chi connectivity index (χ1n) is 10.5. The van der Waals surface area contributed by atoms with Crippen molar-refractivity contribution >= 4 is 28.9 Å². The molecule has 1 unspecified atom stereocenters. The molecule has 2 aromatic heterocycles. The molecule has 3 aromatic rings. The number of ether oxygens (including phenoxy) is 1. The summed E-state index contributed by atoms with van der Waals surface area (Å²) in [5.41, 5.74) is 1.37. The van der Waals surface area contributed by atoms with Crippen LogP contribution >= 0.6 is 0 Å². The standard InChI is InChI=1S/C23H30N6O3/c1-23(2,3)32-22(31)28-18(14-16-15-29(4)19-9-6-5-8-17(16)19)20(30)24-12-13-27-21-25-10-7-11-26-21/h5-11,15,18H,12-14H2,1-4H3,(H,24,30)(H,28,31)(H,25,26,27). The van der Waals surface area contributed by atoms with Crippen LogP contribution in [0.3, 0.4) is 0 Å². The first-order valence-corrected chi connectivity index (χ1v) is 10.5. The molecule has 0 radical (unpaired) electrons. The molecule has 0 bridgehead atoms. The number of benzene rings is 1. The predicted octanol–water partition coefficient (Wildman–Crippen LogP) is 2.63. The molecule has 170 valence electrons. The summed E-state index contributed by atoms with van der Waals surface area (Å²) >= 11 is 0. The monoisotopic (exact) mass is 438 g/mol. The lowest BCUT2D eigenvalue weighted by Crippen LogP contribution is -2.50. The van der Waals surface area contributed by atoms with Crippen molar-refractivity contribution in [1.29, 1.82) is 0 Å². The number of carbonyl (C=O) groups is 2. The molecule has 0 aliphatic carbocycles. The molecule has 0 saturated heterocycles. The molecule has 3 N–H and O–H groups in total. The molecule has 0 spiro atoms. The summed E-state index contributed by atoms with van der Waals surface area (Å²) in [5.74, 6) is 0.195. The molecule has 0 saturated carbocycles. The SMILES string of the molecule is Cn1cc(CC(NC(=O)OC(C)(C)C)C(=O)NCCNc2ncccn2)c2ccccc21. The zero-order valence-corrected chi connectivity index (χ0v) is 18.9. The Hall–Kier alpha value is -3.62.